The Labute approximate surface area is 196 Å². The summed E-state index contributed by atoms with van der Waals surface area (Å²) in [5.41, 5.74) is 3.88. The van der Waals surface area contributed by atoms with E-state index in [2.05, 4.69) is 129 Å². The molecule has 29 heavy (non-hydrogen) atoms. The molecule has 1 N–H and O–H groups in total. The van der Waals surface area contributed by atoms with E-state index < -0.39 is 8.24 Å². The molecule has 2 aliphatic rings. The summed E-state index contributed by atoms with van der Waals surface area (Å²) in [6.07, 6.45) is 0. The first-order valence-electron chi connectivity index (χ1n) is 10.9. The van der Waals surface area contributed by atoms with Crippen LogP contribution in [0.25, 0.3) is 0 Å². The molecule has 6 unspecified atom stereocenters. The van der Waals surface area contributed by atoms with Gasteiger partial charge in [-0.15, -0.1) is 11.8 Å². The highest BCUT2D eigenvalue weighted by molar-refractivity contribution is 14.1. The van der Waals surface area contributed by atoms with Gasteiger partial charge < -0.3 is 4.98 Å². The molecule has 0 saturated heterocycles. The lowest BCUT2D eigenvalue weighted by atomic mass is 9.87. The highest BCUT2D eigenvalue weighted by Crippen LogP contribution is 2.64. The zero-order chi connectivity index (χ0) is 21.0. The van der Waals surface area contributed by atoms with Crippen molar-refractivity contribution in [1.82, 2.24) is 4.98 Å². The summed E-state index contributed by atoms with van der Waals surface area (Å²) >= 11 is 4.67. The van der Waals surface area contributed by atoms with E-state index in [0.717, 1.165) is 16.3 Å². The van der Waals surface area contributed by atoms with E-state index in [-0.39, 0.29) is 5.54 Å². The van der Waals surface area contributed by atoms with Gasteiger partial charge >= 0.3 is 0 Å². The average molecular weight is 536 g/mol. The number of nitrogens with one attached hydrogen (secondary N) is 1. The lowest BCUT2D eigenvalue weighted by Gasteiger charge is -2.44. The number of hydrogen-bond acceptors (Lipinski definition) is 2. The number of hydrogen-bond donors (Lipinski definition) is 1. The van der Waals surface area contributed by atoms with Gasteiger partial charge in [0.15, 0.2) is 8.24 Å². The van der Waals surface area contributed by atoms with Gasteiger partial charge in [0.1, 0.15) is 0 Å². The van der Waals surface area contributed by atoms with E-state index in [1.54, 1.807) is 10.8 Å². The largest absolute Gasteiger partial charge is 0.329 e. The van der Waals surface area contributed by atoms with Crippen LogP contribution in [0.3, 0.4) is 0 Å². The fraction of sp³-hybridized carbons (Fsp3) is 0.520. The van der Waals surface area contributed by atoms with Gasteiger partial charge in [0.25, 0.3) is 0 Å². The van der Waals surface area contributed by atoms with Gasteiger partial charge in [0, 0.05) is 26.0 Å². The van der Waals surface area contributed by atoms with Gasteiger partial charge in [0.05, 0.1) is 0 Å². The zero-order valence-corrected chi connectivity index (χ0v) is 22.5. The number of alkyl halides is 1. The third-order valence-corrected chi connectivity index (χ3v) is 14.8. The van der Waals surface area contributed by atoms with Gasteiger partial charge in [0.2, 0.25) is 0 Å². The van der Waals surface area contributed by atoms with Crippen molar-refractivity contribution >= 4 is 47.8 Å². The molecule has 0 radical (unpaired) electrons. The van der Waals surface area contributed by atoms with Gasteiger partial charge in [-0.3, -0.25) is 0 Å². The van der Waals surface area contributed by atoms with Crippen molar-refractivity contribution in [1.29, 1.82) is 0 Å². The Hall–Kier alpha value is -0.303. The number of benzene rings is 2. The van der Waals surface area contributed by atoms with Gasteiger partial charge in [-0.25, -0.2) is 0 Å². The Bertz CT molecular complexity index is 894. The molecule has 1 heterocycles. The monoisotopic (exact) mass is 535 g/mol. The predicted molar refractivity (Wildman–Crippen MR) is 139 cm³/mol. The second kappa shape index (κ2) is 7.99. The van der Waals surface area contributed by atoms with Gasteiger partial charge in [-0.2, -0.15) is 0 Å². The SMILES string of the molecule is CC1C(C)C([Si](C)(NC(C)(C)C)c2cccc(CI)c2)C2Sc3ccccc3C12. The molecule has 0 spiro atoms. The normalized spacial score (nSPS) is 30.7. The fourth-order valence-corrected chi connectivity index (χ4v) is 14.7. The van der Waals surface area contributed by atoms with Crippen LogP contribution >= 0.6 is 34.4 Å². The maximum atomic E-state index is 4.26. The topological polar surface area (TPSA) is 12.0 Å². The van der Waals surface area contributed by atoms with Crippen LogP contribution in [0.1, 0.15) is 51.7 Å². The Morgan fingerprint density at radius 2 is 1.76 bits per heavy atom. The number of rotatable bonds is 4. The first kappa shape index (κ1) is 21.9. The smallest absolute Gasteiger partial charge is 0.159 e. The van der Waals surface area contributed by atoms with Crippen LogP contribution in [0.4, 0.5) is 0 Å². The molecule has 0 aromatic heterocycles. The van der Waals surface area contributed by atoms with Crippen molar-refractivity contribution in [3.8, 4) is 0 Å². The lowest BCUT2D eigenvalue weighted by Crippen LogP contribution is -2.68. The van der Waals surface area contributed by atoms with Crippen LogP contribution in [0.5, 0.6) is 0 Å². The summed E-state index contributed by atoms with van der Waals surface area (Å²) in [6, 6.07) is 18.7. The van der Waals surface area contributed by atoms with Gasteiger partial charge in [-0.1, -0.05) is 85.4 Å². The Kier molecular flexibility index (Phi) is 6.04. The van der Waals surface area contributed by atoms with Crippen LogP contribution in [0.2, 0.25) is 12.1 Å². The number of thioether (sulfide) groups is 1. The molecule has 1 fully saturated rings. The predicted octanol–water partition coefficient (Wildman–Crippen LogP) is 6.71. The second-order valence-corrected chi connectivity index (χ2v) is 16.2. The number of halogens is 1. The van der Waals surface area contributed by atoms with Crippen LogP contribution in [0, 0.1) is 11.8 Å². The summed E-state index contributed by atoms with van der Waals surface area (Å²) in [6.45, 7) is 14.7. The first-order valence-corrected chi connectivity index (χ1v) is 15.8. The first-order chi connectivity index (χ1) is 13.7. The molecule has 1 saturated carbocycles. The van der Waals surface area contributed by atoms with Crippen LogP contribution in [-0.4, -0.2) is 19.0 Å². The average Bonchev–Trinajstić information content (AvgIpc) is 3.15. The third-order valence-electron chi connectivity index (χ3n) is 7.19. The van der Waals surface area contributed by atoms with Crippen molar-refractivity contribution in [3.63, 3.8) is 0 Å². The summed E-state index contributed by atoms with van der Waals surface area (Å²) in [5, 5.41) is 2.27. The lowest BCUT2D eigenvalue weighted by molar-refractivity contribution is 0.414. The van der Waals surface area contributed by atoms with E-state index in [0.29, 0.717) is 16.7 Å². The van der Waals surface area contributed by atoms with E-state index >= 15 is 0 Å². The minimum atomic E-state index is -1.98. The Morgan fingerprint density at radius 1 is 1.03 bits per heavy atom. The summed E-state index contributed by atoms with van der Waals surface area (Å²) in [5.74, 6) is 2.14. The molecule has 6 atom stereocenters. The number of fused-ring (bicyclic) bond motifs is 3. The Balaban J connectivity index is 1.83. The summed E-state index contributed by atoms with van der Waals surface area (Å²) in [4.78, 5) is 5.78. The molecule has 0 bridgehead atoms. The Morgan fingerprint density at radius 3 is 2.45 bits per heavy atom. The van der Waals surface area contributed by atoms with Crippen molar-refractivity contribution < 1.29 is 0 Å². The summed E-state index contributed by atoms with van der Waals surface area (Å²) < 4.78 is 1.08. The highest BCUT2D eigenvalue weighted by atomic mass is 127. The van der Waals surface area contributed by atoms with Crippen molar-refractivity contribution in [2.75, 3.05) is 0 Å². The highest BCUT2D eigenvalue weighted by Gasteiger charge is 2.59. The van der Waals surface area contributed by atoms with E-state index in [1.807, 2.05) is 0 Å². The van der Waals surface area contributed by atoms with Crippen molar-refractivity contribution in [2.24, 2.45) is 11.8 Å². The quantitative estimate of drug-likeness (QED) is 0.266. The van der Waals surface area contributed by atoms with E-state index in [1.165, 1.54) is 10.5 Å². The molecule has 1 nitrogen and oxygen atoms in total. The van der Waals surface area contributed by atoms with Gasteiger partial charge in [-0.05, 0) is 60.5 Å². The fourth-order valence-electron chi connectivity index (χ4n) is 6.05. The molecule has 2 aromatic carbocycles. The van der Waals surface area contributed by atoms with Crippen LogP contribution < -0.4 is 10.2 Å². The molecule has 2 aromatic rings. The molecule has 1 aliphatic carbocycles. The van der Waals surface area contributed by atoms with Crippen molar-refractivity contribution in [2.45, 2.75) is 72.7 Å². The molecule has 1 aliphatic heterocycles. The van der Waals surface area contributed by atoms with Crippen LogP contribution in [0.15, 0.2) is 53.4 Å². The van der Waals surface area contributed by atoms with Crippen LogP contribution in [-0.2, 0) is 4.43 Å². The molecular formula is C25H34INSSi. The van der Waals surface area contributed by atoms with E-state index in [4.69, 9.17) is 0 Å². The molecular weight excluding hydrogens is 501 g/mol. The minimum Gasteiger partial charge on any atom is -0.329 e. The molecule has 156 valence electrons. The van der Waals surface area contributed by atoms with Crippen molar-refractivity contribution in [3.05, 3.63) is 59.7 Å². The maximum Gasteiger partial charge on any atom is 0.159 e. The maximum absolute atomic E-state index is 4.26. The summed E-state index contributed by atoms with van der Waals surface area (Å²) in [7, 11) is -1.98. The van der Waals surface area contributed by atoms with E-state index in [9.17, 15) is 0 Å². The standard InChI is InChI=1S/C25H34INSSi/c1-16-17(2)24(23-22(16)20-12-7-8-13-21(20)28-23)29(6,27-25(3,4)5)19-11-9-10-18(14-19)15-26/h7-14,16-17,22-24,27H,15H2,1-6H3. The third kappa shape index (κ3) is 3.88. The zero-order valence-electron chi connectivity index (χ0n) is 18.5. The molecule has 4 rings (SSSR count). The molecule has 0 amide bonds. The second-order valence-electron chi connectivity index (χ2n) is 10.3. The molecule has 4 heteroatoms. The minimum absolute atomic E-state index is 0.110.